The fourth-order valence-electron chi connectivity index (χ4n) is 5.75. The molecule has 0 amide bonds. The summed E-state index contributed by atoms with van der Waals surface area (Å²) >= 11 is 7.02. The molecule has 0 bridgehead atoms. The molecule has 5 atom stereocenters. The summed E-state index contributed by atoms with van der Waals surface area (Å²) in [6.45, 7) is 5.58. The summed E-state index contributed by atoms with van der Waals surface area (Å²) in [5, 5.41) is 12.7. The minimum Gasteiger partial charge on any atom is -0.477 e. The van der Waals surface area contributed by atoms with Gasteiger partial charge in [-0.2, -0.15) is 0 Å². The number of nitrogens with one attached hydrogen (secondary N) is 1. The molecule has 1 aromatic heterocycles. The van der Waals surface area contributed by atoms with Crippen molar-refractivity contribution in [2.45, 2.75) is 68.6 Å². The Hall–Kier alpha value is -1.41. The largest absolute Gasteiger partial charge is 0.477 e. The number of likely N-dealkylation sites (tertiary alicyclic amines) is 1. The molecule has 8 heteroatoms. The standard InChI is InChI=1S/C22H30ClN3O4/c1-2-3-13-16(25-10-15-18(11-25)30-7-6-24-15)8-17-19(20(13)23)21(27)14(22(28)29)9-26(17)12-4-5-12/h9,12-13,15-16,18,20,24H,2-8,10-11H2,1H3,(H,28,29). The molecular formula is C22H30ClN3O4. The number of ether oxygens (including phenoxy) is 1. The zero-order valence-corrected chi connectivity index (χ0v) is 18.1. The molecule has 0 radical (unpaired) electrons. The molecule has 3 heterocycles. The Morgan fingerprint density at radius 3 is 2.83 bits per heavy atom. The van der Waals surface area contributed by atoms with Crippen LogP contribution < -0.4 is 10.7 Å². The third-order valence-electron chi connectivity index (χ3n) is 7.33. The Morgan fingerprint density at radius 2 is 2.17 bits per heavy atom. The van der Waals surface area contributed by atoms with Crippen LogP contribution in [-0.4, -0.2) is 65.0 Å². The van der Waals surface area contributed by atoms with Gasteiger partial charge >= 0.3 is 5.97 Å². The van der Waals surface area contributed by atoms with Crippen molar-refractivity contribution in [3.63, 3.8) is 0 Å². The summed E-state index contributed by atoms with van der Waals surface area (Å²) in [6.07, 6.45) is 6.45. The van der Waals surface area contributed by atoms with Crippen LogP contribution in [0.1, 0.15) is 65.6 Å². The normalized spacial score (nSPS) is 33.9. The molecule has 164 valence electrons. The highest BCUT2D eigenvalue weighted by Crippen LogP contribution is 2.46. The minimum absolute atomic E-state index is 0.119. The third kappa shape index (κ3) is 3.40. The van der Waals surface area contributed by atoms with E-state index in [9.17, 15) is 14.7 Å². The maximum atomic E-state index is 13.1. The third-order valence-corrected chi connectivity index (χ3v) is 7.87. The van der Waals surface area contributed by atoms with Gasteiger partial charge in [0.1, 0.15) is 5.56 Å². The molecule has 2 N–H and O–H groups in total. The van der Waals surface area contributed by atoms with E-state index in [4.69, 9.17) is 16.3 Å². The Morgan fingerprint density at radius 1 is 1.37 bits per heavy atom. The van der Waals surface area contributed by atoms with Crippen LogP contribution in [0.3, 0.4) is 0 Å². The Labute approximate surface area is 181 Å². The zero-order chi connectivity index (χ0) is 21.0. The lowest BCUT2D eigenvalue weighted by Crippen LogP contribution is -2.49. The first-order valence-corrected chi connectivity index (χ1v) is 11.7. The van der Waals surface area contributed by atoms with Crippen molar-refractivity contribution >= 4 is 17.6 Å². The number of nitrogens with zero attached hydrogens (tertiary/aromatic N) is 2. The van der Waals surface area contributed by atoms with E-state index in [1.165, 1.54) is 0 Å². The van der Waals surface area contributed by atoms with Gasteiger partial charge in [0, 0.05) is 61.6 Å². The molecule has 0 spiro atoms. The predicted molar refractivity (Wildman–Crippen MR) is 114 cm³/mol. The molecule has 7 nitrogen and oxygen atoms in total. The lowest BCUT2D eigenvalue weighted by molar-refractivity contribution is 0.0146. The van der Waals surface area contributed by atoms with Crippen LogP contribution in [0.4, 0.5) is 0 Å². The number of rotatable bonds is 5. The van der Waals surface area contributed by atoms with E-state index >= 15 is 0 Å². The number of halogens is 1. The van der Waals surface area contributed by atoms with Crippen molar-refractivity contribution in [1.82, 2.24) is 14.8 Å². The number of carboxylic acids is 1. The van der Waals surface area contributed by atoms with Crippen molar-refractivity contribution in [2.75, 3.05) is 26.2 Å². The molecular weight excluding hydrogens is 406 g/mol. The first kappa shape index (κ1) is 20.5. The van der Waals surface area contributed by atoms with E-state index in [0.717, 1.165) is 64.0 Å². The summed E-state index contributed by atoms with van der Waals surface area (Å²) in [5.74, 6) is -1.05. The first-order valence-electron chi connectivity index (χ1n) is 11.2. The van der Waals surface area contributed by atoms with Crippen LogP contribution in [0.5, 0.6) is 0 Å². The summed E-state index contributed by atoms with van der Waals surface area (Å²) < 4.78 is 8.05. The monoisotopic (exact) mass is 435 g/mol. The molecule has 1 saturated carbocycles. The SMILES string of the molecule is CCCC1C(Cl)c2c(n(C3CC3)cc(C(=O)O)c2=O)CC1N1CC2NCCOC2C1. The quantitative estimate of drug-likeness (QED) is 0.690. The van der Waals surface area contributed by atoms with Gasteiger partial charge in [0.05, 0.1) is 18.1 Å². The molecule has 2 aliphatic heterocycles. The number of aromatic nitrogens is 1. The summed E-state index contributed by atoms with van der Waals surface area (Å²) in [6, 6.07) is 0.864. The molecule has 4 aliphatic rings. The molecule has 5 rings (SSSR count). The maximum absolute atomic E-state index is 13.1. The van der Waals surface area contributed by atoms with Crippen LogP contribution in [0.2, 0.25) is 0 Å². The van der Waals surface area contributed by atoms with Crippen molar-refractivity contribution in [3.8, 4) is 0 Å². The number of morpholine rings is 1. The van der Waals surface area contributed by atoms with Gasteiger partial charge in [-0.05, 0) is 25.2 Å². The highest BCUT2D eigenvalue weighted by Gasteiger charge is 2.46. The number of carbonyl (C=O) groups is 1. The van der Waals surface area contributed by atoms with Crippen LogP contribution in [0.25, 0.3) is 0 Å². The van der Waals surface area contributed by atoms with Gasteiger partial charge in [-0.3, -0.25) is 9.69 Å². The fourth-order valence-corrected chi connectivity index (χ4v) is 6.26. The lowest BCUT2D eigenvalue weighted by atomic mass is 9.78. The van der Waals surface area contributed by atoms with E-state index in [1.807, 2.05) is 0 Å². The molecule has 2 saturated heterocycles. The van der Waals surface area contributed by atoms with Gasteiger partial charge in [-0.25, -0.2) is 4.79 Å². The Balaban J connectivity index is 1.56. The van der Waals surface area contributed by atoms with Gasteiger partial charge in [0.25, 0.3) is 0 Å². The lowest BCUT2D eigenvalue weighted by Gasteiger charge is -2.42. The van der Waals surface area contributed by atoms with Gasteiger partial charge in [0.15, 0.2) is 0 Å². The molecule has 1 aromatic rings. The number of hydrogen-bond acceptors (Lipinski definition) is 5. The highest BCUT2D eigenvalue weighted by molar-refractivity contribution is 6.21. The number of alkyl halides is 1. The second-order valence-electron chi connectivity index (χ2n) is 9.23. The van der Waals surface area contributed by atoms with E-state index in [-0.39, 0.29) is 29.7 Å². The molecule has 2 aliphatic carbocycles. The highest BCUT2D eigenvalue weighted by atomic mass is 35.5. The van der Waals surface area contributed by atoms with Crippen molar-refractivity contribution < 1.29 is 14.6 Å². The average Bonchev–Trinajstić information content (AvgIpc) is 3.47. The minimum atomic E-state index is -1.16. The number of fused-ring (bicyclic) bond motifs is 2. The van der Waals surface area contributed by atoms with E-state index in [2.05, 4.69) is 21.7 Å². The molecule has 0 aromatic carbocycles. The number of carboxylic acid groups (broad SMARTS) is 1. The molecule has 30 heavy (non-hydrogen) atoms. The zero-order valence-electron chi connectivity index (χ0n) is 17.3. The summed E-state index contributed by atoms with van der Waals surface area (Å²) in [5.41, 5.74) is 0.941. The predicted octanol–water partition coefficient (Wildman–Crippen LogP) is 2.17. The van der Waals surface area contributed by atoms with E-state index in [0.29, 0.717) is 11.6 Å². The second kappa shape index (κ2) is 7.93. The first-order chi connectivity index (χ1) is 14.5. The molecule has 5 unspecified atom stereocenters. The van der Waals surface area contributed by atoms with Crippen LogP contribution in [0, 0.1) is 5.92 Å². The van der Waals surface area contributed by atoms with Crippen LogP contribution in [-0.2, 0) is 11.2 Å². The second-order valence-corrected chi connectivity index (χ2v) is 9.70. The van der Waals surface area contributed by atoms with E-state index in [1.54, 1.807) is 6.20 Å². The van der Waals surface area contributed by atoms with Crippen molar-refractivity contribution in [3.05, 3.63) is 33.2 Å². The molecule has 3 fully saturated rings. The Kier molecular flexibility index (Phi) is 5.42. The maximum Gasteiger partial charge on any atom is 0.341 e. The topological polar surface area (TPSA) is 83.8 Å². The van der Waals surface area contributed by atoms with Gasteiger partial charge in [-0.15, -0.1) is 11.6 Å². The van der Waals surface area contributed by atoms with E-state index < -0.39 is 16.8 Å². The van der Waals surface area contributed by atoms with Crippen molar-refractivity contribution in [1.29, 1.82) is 0 Å². The van der Waals surface area contributed by atoms with Gasteiger partial charge < -0.3 is 19.7 Å². The van der Waals surface area contributed by atoms with Crippen molar-refractivity contribution in [2.24, 2.45) is 5.92 Å². The van der Waals surface area contributed by atoms with Crippen LogP contribution in [0.15, 0.2) is 11.0 Å². The number of aromatic carboxylic acids is 1. The average molecular weight is 436 g/mol. The fraction of sp³-hybridized carbons (Fsp3) is 0.727. The summed E-state index contributed by atoms with van der Waals surface area (Å²) in [7, 11) is 0. The Bertz CT molecular complexity index is 885. The van der Waals surface area contributed by atoms with Gasteiger partial charge in [0.2, 0.25) is 5.43 Å². The summed E-state index contributed by atoms with van der Waals surface area (Å²) in [4.78, 5) is 27.4. The van der Waals surface area contributed by atoms with Crippen LogP contribution >= 0.6 is 11.6 Å². The number of hydrogen-bond donors (Lipinski definition) is 2. The smallest absolute Gasteiger partial charge is 0.341 e. The van der Waals surface area contributed by atoms with Gasteiger partial charge in [-0.1, -0.05) is 13.3 Å². The number of pyridine rings is 1.